The number of hydrogen-bond acceptors (Lipinski definition) is 0. The summed E-state index contributed by atoms with van der Waals surface area (Å²) in [5.74, 6) is 3.36. The van der Waals surface area contributed by atoms with E-state index in [9.17, 15) is 0 Å². The lowest BCUT2D eigenvalue weighted by Gasteiger charge is -2.32. The molecular formula is C14H26. The SMILES string of the molecule is CCCC1CCC(C2CCCC2)CC1. The summed E-state index contributed by atoms with van der Waals surface area (Å²) in [5.41, 5.74) is 0. The van der Waals surface area contributed by atoms with E-state index in [1.165, 1.54) is 25.7 Å². The number of rotatable bonds is 3. The van der Waals surface area contributed by atoms with Gasteiger partial charge in [-0.1, -0.05) is 58.3 Å². The largest absolute Gasteiger partial charge is 0.0654 e. The Kier molecular flexibility index (Phi) is 3.89. The predicted molar refractivity (Wildman–Crippen MR) is 62.3 cm³/mol. The van der Waals surface area contributed by atoms with Crippen molar-refractivity contribution in [2.45, 2.75) is 71.1 Å². The molecule has 0 aliphatic heterocycles. The van der Waals surface area contributed by atoms with Crippen LogP contribution in [0.5, 0.6) is 0 Å². The highest BCUT2D eigenvalue weighted by Gasteiger charge is 2.28. The van der Waals surface area contributed by atoms with Crippen LogP contribution in [0.2, 0.25) is 0 Å². The molecule has 2 fully saturated rings. The molecule has 0 saturated heterocycles. The Morgan fingerprint density at radius 3 is 1.93 bits per heavy atom. The van der Waals surface area contributed by atoms with Crippen molar-refractivity contribution in [3.05, 3.63) is 0 Å². The lowest BCUT2D eigenvalue weighted by Crippen LogP contribution is -2.20. The first-order chi connectivity index (χ1) is 6.90. The van der Waals surface area contributed by atoms with Crippen molar-refractivity contribution >= 4 is 0 Å². The zero-order valence-corrected chi connectivity index (χ0v) is 9.80. The summed E-state index contributed by atoms with van der Waals surface area (Å²) in [6.07, 6.45) is 15.3. The molecule has 0 aromatic carbocycles. The fraction of sp³-hybridized carbons (Fsp3) is 1.00. The molecule has 0 aromatic rings. The molecule has 0 N–H and O–H groups in total. The average molecular weight is 194 g/mol. The molecule has 82 valence electrons. The van der Waals surface area contributed by atoms with E-state index >= 15 is 0 Å². The van der Waals surface area contributed by atoms with Crippen molar-refractivity contribution in [1.82, 2.24) is 0 Å². The van der Waals surface area contributed by atoms with Crippen LogP contribution in [0.3, 0.4) is 0 Å². The summed E-state index contributed by atoms with van der Waals surface area (Å²) >= 11 is 0. The zero-order chi connectivity index (χ0) is 9.80. The predicted octanol–water partition coefficient (Wildman–Crippen LogP) is 4.78. The Morgan fingerprint density at radius 1 is 0.786 bits per heavy atom. The molecule has 2 rings (SSSR count). The summed E-state index contributed by atoms with van der Waals surface area (Å²) in [6, 6.07) is 0. The molecule has 0 spiro atoms. The minimum Gasteiger partial charge on any atom is -0.0654 e. The summed E-state index contributed by atoms with van der Waals surface area (Å²) < 4.78 is 0. The molecule has 0 aromatic heterocycles. The van der Waals surface area contributed by atoms with Gasteiger partial charge < -0.3 is 0 Å². The molecule has 0 unspecified atom stereocenters. The van der Waals surface area contributed by atoms with Crippen LogP contribution >= 0.6 is 0 Å². The third-order valence-electron chi connectivity index (χ3n) is 4.65. The van der Waals surface area contributed by atoms with Gasteiger partial charge in [0, 0.05) is 0 Å². The molecule has 0 amide bonds. The lowest BCUT2D eigenvalue weighted by molar-refractivity contribution is 0.199. The van der Waals surface area contributed by atoms with Gasteiger partial charge in [-0.15, -0.1) is 0 Å². The Labute approximate surface area is 89.5 Å². The minimum atomic E-state index is 1.10. The van der Waals surface area contributed by atoms with Crippen LogP contribution in [0.4, 0.5) is 0 Å². The zero-order valence-electron chi connectivity index (χ0n) is 9.80. The third kappa shape index (κ3) is 2.52. The molecule has 0 nitrogen and oxygen atoms in total. The topological polar surface area (TPSA) is 0 Å². The van der Waals surface area contributed by atoms with E-state index in [4.69, 9.17) is 0 Å². The fourth-order valence-corrected chi connectivity index (χ4v) is 3.79. The Balaban J connectivity index is 1.72. The summed E-state index contributed by atoms with van der Waals surface area (Å²) in [6.45, 7) is 2.34. The van der Waals surface area contributed by atoms with Crippen LogP contribution in [0.1, 0.15) is 71.1 Å². The van der Waals surface area contributed by atoms with E-state index in [0.717, 1.165) is 17.8 Å². The molecule has 0 atom stereocenters. The Hall–Kier alpha value is 0. The first kappa shape index (κ1) is 10.5. The van der Waals surface area contributed by atoms with Gasteiger partial charge in [-0.3, -0.25) is 0 Å². The van der Waals surface area contributed by atoms with Crippen molar-refractivity contribution in [3.8, 4) is 0 Å². The molecule has 0 heteroatoms. The minimum absolute atomic E-state index is 1.10. The molecule has 2 saturated carbocycles. The van der Waals surface area contributed by atoms with E-state index in [2.05, 4.69) is 6.92 Å². The molecular weight excluding hydrogens is 168 g/mol. The second-order valence-corrected chi connectivity index (χ2v) is 5.61. The van der Waals surface area contributed by atoms with Crippen molar-refractivity contribution < 1.29 is 0 Å². The maximum absolute atomic E-state index is 2.34. The van der Waals surface area contributed by atoms with Gasteiger partial charge in [0.05, 0.1) is 0 Å². The second-order valence-electron chi connectivity index (χ2n) is 5.61. The molecule has 0 bridgehead atoms. The van der Waals surface area contributed by atoms with Crippen LogP contribution in [0.15, 0.2) is 0 Å². The normalized spacial score (nSPS) is 34.9. The highest BCUT2D eigenvalue weighted by Crippen LogP contribution is 2.41. The van der Waals surface area contributed by atoms with Crippen LogP contribution in [0.25, 0.3) is 0 Å². The number of hydrogen-bond donors (Lipinski definition) is 0. The molecule has 0 heterocycles. The van der Waals surface area contributed by atoms with Gasteiger partial charge in [0.1, 0.15) is 0 Å². The van der Waals surface area contributed by atoms with Gasteiger partial charge in [-0.2, -0.15) is 0 Å². The first-order valence-corrected chi connectivity index (χ1v) is 6.90. The van der Waals surface area contributed by atoms with E-state index < -0.39 is 0 Å². The standard InChI is InChI=1S/C14H26/c1-2-5-12-8-10-14(11-9-12)13-6-3-4-7-13/h12-14H,2-11H2,1H3. The van der Waals surface area contributed by atoms with Crippen LogP contribution in [-0.2, 0) is 0 Å². The van der Waals surface area contributed by atoms with Crippen molar-refractivity contribution in [2.24, 2.45) is 17.8 Å². The highest BCUT2D eigenvalue weighted by molar-refractivity contribution is 4.80. The second kappa shape index (κ2) is 5.19. The van der Waals surface area contributed by atoms with Crippen LogP contribution < -0.4 is 0 Å². The van der Waals surface area contributed by atoms with Gasteiger partial charge in [0.25, 0.3) is 0 Å². The van der Waals surface area contributed by atoms with E-state index in [1.54, 1.807) is 38.5 Å². The van der Waals surface area contributed by atoms with E-state index in [1.807, 2.05) is 0 Å². The Bertz CT molecular complexity index is 147. The monoisotopic (exact) mass is 194 g/mol. The van der Waals surface area contributed by atoms with Gasteiger partial charge >= 0.3 is 0 Å². The molecule has 2 aliphatic rings. The lowest BCUT2D eigenvalue weighted by atomic mass is 9.74. The average Bonchev–Trinajstić information content (AvgIpc) is 2.72. The Morgan fingerprint density at radius 2 is 1.36 bits per heavy atom. The maximum atomic E-state index is 2.34. The van der Waals surface area contributed by atoms with Gasteiger partial charge in [-0.05, 0) is 30.6 Å². The van der Waals surface area contributed by atoms with E-state index in [0.29, 0.717) is 0 Å². The van der Waals surface area contributed by atoms with Crippen LogP contribution in [-0.4, -0.2) is 0 Å². The maximum Gasteiger partial charge on any atom is -0.0386 e. The molecule has 2 aliphatic carbocycles. The fourth-order valence-electron chi connectivity index (χ4n) is 3.79. The van der Waals surface area contributed by atoms with E-state index in [-0.39, 0.29) is 0 Å². The smallest absolute Gasteiger partial charge is 0.0386 e. The van der Waals surface area contributed by atoms with Gasteiger partial charge in [0.2, 0.25) is 0 Å². The summed E-state index contributed by atoms with van der Waals surface area (Å²) in [4.78, 5) is 0. The van der Waals surface area contributed by atoms with Gasteiger partial charge in [-0.25, -0.2) is 0 Å². The van der Waals surface area contributed by atoms with Crippen molar-refractivity contribution in [2.75, 3.05) is 0 Å². The van der Waals surface area contributed by atoms with Gasteiger partial charge in [0.15, 0.2) is 0 Å². The highest BCUT2D eigenvalue weighted by atomic mass is 14.3. The summed E-state index contributed by atoms with van der Waals surface area (Å²) in [5, 5.41) is 0. The van der Waals surface area contributed by atoms with Crippen molar-refractivity contribution in [1.29, 1.82) is 0 Å². The third-order valence-corrected chi connectivity index (χ3v) is 4.65. The molecule has 14 heavy (non-hydrogen) atoms. The molecule has 0 radical (unpaired) electrons. The quantitative estimate of drug-likeness (QED) is 0.606. The van der Waals surface area contributed by atoms with Crippen molar-refractivity contribution in [3.63, 3.8) is 0 Å². The summed E-state index contributed by atoms with van der Waals surface area (Å²) in [7, 11) is 0. The van der Waals surface area contributed by atoms with Crippen LogP contribution in [0, 0.1) is 17.8 Å². The first-order valence-electron chi connectivity index (χ1n) is 6.90.